The predicted molar refractivity (Wildman–Crippen MR) is 104 cm³/mol. The van der Waals surface area contributed by atoms with Crippen molar-refractivity contribution in [2.75, 3.05) is 40.3 Å². The van der Waals surface area contributed by atoms with Gasteiger partial charge in [0.2, 0.25) is 0 Å². The Morgan fingerprint density at radius 1 is 1.24 bits per heavy atom. The van der Waals surface area contributed by atoms with E-state index in [1.54, 1.807) is 0 Å². The lowest BCUT2D eigenvalue weighted by Gasteiger charge is -2.58. The van der Waals surface area contributed by atoms with Gasteiger partial charge in [-0.25, -0.2) is 0 Å². The van der Waals surface area contributed by atoms with Crippen molar-refractivity contribution < 1.29 is 4.74 Å². The zero-order valence-electron chi connectivity index (χ0n) is 16.5. The molecule has 144 valence electrons. The summed E-state index contributed by atoms with van der Waals surface area (Å²) < 4.78 is 6.08. The fourth-order valence-electron chi connectivity index (χ4n) is 5.31. The van der Waals surface area contributed by atoms with Crippen molar-refractivity contribution in [1.29, 1.82) is 0 Å². The summed E-state index contributed by atoms with van der Waals surface area (Å²) in [4.78, 5) is 6.95. The van der Waals surface area contributed by atoms with E-state index in [-0.39, 0.29) is 0 Å². The Kier molecular flexibility index (Phi) is 6.61. The third kappa shape index (κ3) is 4.30. The van der Waals surface area contributed by atoms with E-state index in [0.29, 0.717) is 17.6 Å². The molecule has 2 aliphatic carbocycles. The number of nitrogens with one attached hydrogen (secondary N) is 2. The fourth-order valence-corrected chi connectivity index (χ4v) is 5.31. The van der Waals surface area contributed by atoms with Crippen molar-refractivity contribution in [2.45, 2.75) is 70.4 Å². The van der Waals surface area contributed by atoms with Gasteiger partial charge in [-0.1, -0.05) is 19.3 Å². The topological polar surface area (TPSA) is 48.9 Å². The summed E-state index contributed by atoms with van der Waals surface area (Å²) in [6.07, 6.45) is 10.9. The predicted octanol–water partition coefficient (Wildman–Crippen LogP) is 2.62. The van der Waals surface area contributed by atoms with E-state index < -0.39 is 0 Å². The van der Waals surface area contributed by atoms with Gasteiger partial charge in [-0.2, -0.15) is 0 Å². The maximum atomic E-state index is 6.08. The molecule has 5 heteroatoms. The summed E-state index contributed by atoms with van der Waals surface area (Å²) in [5, 5.41) is 7.35. The van der Waals surface area contributed by atoms with Gasteiger partial charge < -0.3 is 20.3 Å². The first-order valence-corrected chi connectivity index (χ1v) is 10.4. The summed E-state index contributed by atoms with van der Waals surface area (Å²) in [6, 6.07) is 0.518. The van der Waals surface area contributed by atoms with Gasteiger partial charge in [-0.15, -0.1) is 0 Å². The van der Waals surface area contributed by atoms with E-state index in [2.05, 4.69) is 34.5 Å². The van der Waals surface area contributed by atoms with E-state index in [1.165, 1.54) is 58.0 Å². The van der Waals surface area contributed by atoms with Gasteiger partial charge in [0.15, 0.2) is 5.96 Å². The van der Waals surface area contributed by atoms with Crippen LogP contribution in [0.1, 0.15) is 58.3 Å². The molecule has 1 heterocycles. The quantitative estimate of drug-likeness (QED) is 0.591. The third-order valence-corrected chi connectivity index (χ3v) is 6.75. The van der Waals surface area contributed by atoms with Gasteiger partial charge in [-0.05, 0) is 58.5 Å². The van der Waals surface area contributed by atoms with Crippen LogP contribution in [-0.4, -0.2) is 63.3 Å². The van der Waals surface area contributed by atoms with Crippen molar-refractivity contribution in [2.24, 2.45) is 16.3 Å². The van der Waals surface area contributed by atoms with E-state index in [0.717, 1.165) is 31.4 Å². The molecule has 0 bridgehead atoms. The zero-order chi connectivity index (χ0) is 17.7. The summed E-state index contributed by atoms with van der Waals surface area (Å²) in [6.45, 7) is 6.43. The third-order valence-electron chi connectivity index (χ3n) is 6.75. The lowest BCUT2D eigenvalue weighted by Crippen LogP contribution is -2.66. The summed E-state index contributed by atoms with van der Waals surface area (Å²) in [7, 11) is 4.13. The molecular formula is C20H38N4O. The molecule has 0 aromatic rings. The van der Waals surface area contributed by atoms with Gasteiger partial charge in [0.1, 0.15) is 0 Å². The highest BCUT2D eigenvalue weighted by Crippen LogP contribution is 2.53. The molecule has 0 radical (unpaired) electrons. The first kappa shape index (κ1) is 19.0. The minimum absolute atomic E-state index is 0.344. The highest BCUT2D eigenvalue weighted by atomic mass is 16.5. The first-order chi connectivity index (χ1) is 12.2. The fraction of sp³-hybridized carbons (Fsp3) is 0.950. The SMILES string of the molecule is CCOC1CC(NC(=NC)NCC2CCCN(C)C2)C12CCCCC2. The van der Waals surface area contributed by atoms with Crippen LogP contribution >= 0.6 is 0 Å². The summed E-state index contributed by atoms with van der Waals surface area (Å²) in [5.41, 5.74) is 0.344. The van der Waals surface area contributed by atoms with Crippen molar-refractivity contribution in [3.05, 3.63) is 0 Å². The van der Waals surface area contributed by atoms with Crippen molar-refractivity contribution in [1.82, 2.24) is 15.5 Å². The molecule has 0 aromatic heterocycles. The molecule has 3 rings (SSSR count). The molecule has 3 fully saturated rings. The number of rotatable bonds is 5. The minimum Gasteiger partial charge on any atom is -0.378 e. The van der Waals surface area contributed by atoms with Crippen LogP contribution in [0.15, 0.2) is 4.99 Å². The smallest absolute Gasteiger partial charge is 0.191 e. The normalized spacial score (nSPS) is 33.1. The van der Waals surface area contributed by atoms with Crippen LogP contribution in [0.5, 0.6) is 0 Å². The lowest BCUT2D eigenvalue weighted by molar-refractivity contribution is -0.145. The summed E-state index contributed by atoms with van der Waals surface area (Å²) >= 11 is 0. The van der Waals surface area contributed by atoms with Crippen LogP contribution < -0.4 is 10.6 Å². The zero-order valence-corrected chi connectivity index (χ0v) is 16.5. The van der Waals surface area contributed by atoms with Crippen LogP contribution in [0, 0.1) is 11.3 Å². The van der Waals surface area contributed by atoms with Crippen LogP contribution in [0.4, 0.5) is 0 Å². The number of ether oxygens (including phenoxy) is 1. The monoisotopic (exact) mass is 350 g/mol. The van der Waals surface area contributed by atoms with Crippen LogP contribution in [0.2, 0.25) is 0 Å². The van der Waals surface area contributed by atoms with Crippen LogP contribution in [0.3, 0.4) is 0 Å². The van der Waals surface area contributed by atoms with Gasteiger partial charge in [0.05, 0.1) is 6.10 Å². The number of aliphatic imine (C=N–C) groups is 1. The minimum atomic E-state index is 0.344. The first-order valence-electron chi connectivity index (χ1n) is 10.4. The second-order valence-corrected chi connectivity index (χ2v) is 8.39. The molecule has 2 saturated carbocycles. The number of likely N-dealkylation sites (tertiary alicyclic amines) is 1. The standard InChI is InChI=1S/C20H38N4O/c1-4-25-18-13-17(20(18)10-6-5-7-11-20)23-19(21-2)22-14-16-9-8-12-24(3)15-16/h16-18H,4-15H2,1-3H3,(H2,21,22,23). The number of hydrogen-bond acceptors (Lipinski definition) is 3. The van der Waals surface area contributed by atoms with Gasteiger partial charge in [-0.3, -0.25) is 4.99 Å². The molecule has 3 aliphatic rings. The van der Waals surface area contributed by atoms with Crippen molar-refractivity contribution in [3.63, 3.8) is 0 Å². The van der Waals surface area contributed by atoms with Crippen LogP contribution in [0.25, 0.3) is 0 Å². The molecule has 3 atom stereocenters. The molecule has 25 heavy (non-hydrogen) atoms. The molecule has 0 aromatic carbocycles. The molecule has 3 unspecified atom stereocenters. The second-order valence-electron chi connectivity index (χ2n) is 8.39. The molecule has 0 amide bonds. The molecule has 2 N–H and O–H groups in total. The number of hydrogen-bond donors (Lipinski definition) is 2. The number of guanidine groups is 1. The van der Waals surface area contributed by atoms with Crippen LogP contribution in [-0.2, 0) is 4.74 Å². The van der Waals surface area contributed by atoms with Crippen molar-refractivity contribution in [3.8, 4) is 0 Å². The average molecular weight is 351 g/mol. The maximum absolute atomic E-state index is 6.08. The summed E-state index contributed by atoms with van der Waals surface area (Å²) in [5.74, 6) is 1.72. The maximum Gasteiger partial charge on any atom is 0.191 e. The highest BCUT2D eigenvalue weighted by Gasteiger charge is 2.55. The van der Waals surface area contributed by atoms with E-state index >= 15 is 0 Å². The molecule has 1 saturated heterocycles. The largest absolute Gasteiger partial charge is 0.378 e. The highest BCUT2D eigenvalue weighted by molar-refractivity contribution is 5.80. The Labute approximate surface area is 154 Å². The molecule has 1 aliphatic heterocycles. The second kappa shape index (κ2) is 8.72. The molecular weight excluding hydrogens is 312 g/mol. The average Bonchev–Trinajstić information content (AvgIpc) is 2.64. The Hall–Kier alpha value is -0.810. The number of nitrogens with zero attached hydrogens (tertiary/aromatic N) is 2. The van der Waals surface area contributed by atoms with E-state index in [1.807, 2.05) is 7.05 Å². The van der Waals surface area contributed by atoms with Gasteiger partial charge in [0, 0.05) is 38.2 Å². The van der Waals surface area contributed by atoms with Gasteiger partial charge >= 0.3 is 0 Å². The molecule has 1 spiro atoms. The Morgan fingerprint density at radius 2 is 2.04 bits per heavy atom. The number of piperidine rings is 1. The van der Waals surface area contributed by atoms with E-state index in [4.69, 9.17) is 4.74 Å². The Balaban J connectivity index is 1.52. The Morgan fingerprint density at radius 3 is 2.72 bits per heavy atom. The Bertz CT molecular complexity index is 447. The van der Waals surface area contributed by atoms with Gasteiger partial charge in [0.25, 0.3) is 0 Å². The molecule has 5 nitrogen and oxygen atoms in total. The lowest BCUT2D eigenvalue weighted by atomic mass is 9.55. The van der Waals surface area contributed by atoms with E-state index in [9.17, 15) is 0 Å². The van der Waals surface area contributed by atoms with Crippen molar-refractivity contribution >= 4 is 5.96 Å².